The van der Waals surface area contributed by atoms with Gasteiger partial charge in [-0.2, -0.15) is 0 Å². The van der Waals surface area contributed by atoms with Crippen LogP contribution in [0, 0.1) is 5.92 Å². The first-order chi connectivity index (χ1) is 8.13. The molecule has 0 saturated heterocycles. The summed E-state index contributed by atoms with van der Waals surface area (Å²) in [5.41, 5.74) is 0.143. The topological polar surface area (TPSA) is 21.3 Å². The molecule has 2 aliphatic rings. The van der Waals surface area contributed by atoms with E-state index in [0.29, 0.717) is 6.10 Å². The zero-order valence-corrected chi connectivity index (χ0v) is 11.8. The Morgan fingerprint density at radius 3 is 2.41 bits per heavy atom. The van der Waals surface area contributed by atoms with Crippen LogP contribution in [0.4, 0.5) is 0 Å². The van der Waals surface area contributed by atoms with Crippen LogP contribution in [0.3, 0.4) is 0 Å². The van der Waals surface area contributed by atoms with Crippen molar-refractivity contribution in [3.8, 4) is 0 Å². The highest BCUT2D eigenvalue weighted by atomic mass is 16.5. The zero-order chi connectivity index (χ0) is 12.3. The third-order valence-corrected chi connectivity index (χ3v) is 4.50. The predicted molar refractivity (Wildman–Crippen MR) is 72.2 cm³/mol. The smallest absolute Gasteiger partial charge is 0.0810 e. The number of hydrogen-bond acceptors (Lipinski definition) is 2. The van der Waals surface area contributed by atoms with Crippen molar-refractivity contribution in [1.29, 1.82) is 0 Å². The highest BCUT2D eigenvalue weighted by molar-refractivity contribution is 4.92. The van der Waals surface area contributed by atoms with Crippen LogP contribution in [0.5, 0.6) is 0 Å². The number of ether oxygens (including phenoxy) is 1. The van der Waals surface area contributed by atoms with Crippen LogP contribution in [0.15, 0.2) is 0 Å². The fraction of sp³-hybridized carbons (Fsp3) is 1.00. The Hall–Kier alpha value is -0.0800. The fourth-order valence-electron chi connectivity index (χ4n) is 2.75. The van der Waals surface area contributed by atoms with E-state index in [4.69, 9.17) is 4.74 Å². The maximum absolute atomic E-state index is 6.39. The summed E-state index contributed by atoms with van der Waals surface area (Å²) in [6.07, 6.45) is 9.44. The van der Waals surface area contributed by atoms with E-state index in [1.807, 2.05) is 0 Å². The lowest BCUT2D eigenvalue weighted by Crippen LogP contribution is -2.48. The van der Waals surface area contributed by atoms with Gasteiger partial charge >= 0.3 is 0 Å². The molecule has 2 fully saturated rings. The second-order valence-corrected chi connectivity index (χ2v) is 6.36. The van der Waals surface area contributed by atoms with E-state index >= 15 is 0 Å². The molecule has 100 valence electrons. The number of hydrogen-bond donors (Lipinski definition) is 1. The molecule has 0 heterocycles. The van der Waals surface area contributed by atoms with Gasteiger partial charge in [-0.25, -0.2) is 0 Å². The Morgan fingerprint density at radius 1 is 1.24 bits per heavy atom. The van der Waals surface area contributed by atoms with Crippen molar-refractivity contribution in [1.82, 2.24) is 5.32 Å². The van der Waals surface area contributed by atoms with E-state index in [9.17, 15) is 0 Å². The minimum absolute atomic E-state index is 0.143. The van der Waals surface area contributed by atoms with Gasteiger partial charge in [0.2, 0.25) is 0 Å². The molecule has 2 heteroatoms. The van der Waals surface area contributed by atoms with Crippen molar-refractivity contribution in [3.05, 3.63) is 0 Å². The standard InChI is InChI=1S/C15H29NO/c1-4-13(3)17-15(11-16-14-5-6-14)9-7-12(2)8-10-15/h12-14,16H,4-11H2,1-3H3. The zero-order valence-electron chi connectivity index (χ0n) is 11.8. The maximum atomic E-state index is 6.39. The summed E-state index contributed by atoms with van der Waals surface area (Å²) in [7, 11) is 0. The second-order valence-electron chi connectivity index (χ2n) is 6.36. The lowest BCUT2D eigenvalue weighted by Gasteiger charge is -2.41. The first-order valence-corrected chi connectivity index (χ1v) is 7.55. The summed E-state index contributed by atoms with van der Waals surface area (Å²) in [5, 5.41) is 3.69. The normalized spacial score (nSPS) is 35.8. The molecular formula is C15H29NO. The molecule has 0 aromatic carbocycles. The minimum atomic E-state index is 0.143. The second kappa shape index (κ2) is 5.71. The summed E-state index contributed by atoms with van der Waals surface area (Å²) in [6, 6.07) is 0.798. The summed E-state index contributed by atoms with van der Waals surface area (Å²) in [4.78, 5) is 0. The summed E-state index contributed by atoms with van der Waals surface area (Å²) in [6.45, 7) is 7.89. The predicted octanol–water partition coefficient (Wildman–Crippen LogP) is 3.50. The van der Waals surface area contributed by atoms with E-state index in [1.165, 1.54) is 38.5 Å². The molecular weight excluding hydrogens is 210 g/mol. The van der Waals surface area contributed by atoms with E-state index in [1.54, 1.807) is 0 Å². The van der Waals surface area contributed by atoms with Gasteiger partial charge in [0.15, 0.2) is 0 Å². The van der Waals surface area contributed by atoms with Crippen LogP contribution >= 0.6 is 0 Å². The molecule has 0 aliphatic heterocycles. The van der Waals surface area contributed by atoms with Crippen molar-refractivity contribution >= 4 is 0 Å². The maximum Gasteiger partial charge on any atom is 0.0810 e. The quantitative estimate of drug-likeness (QED) is 0.766. The largest absolute Gasteiger partial charge is 0.371 e. The summed E-state index contributed by atoms with van der Waals surface area (Å²) >= 11 is 0. The fourth-order valence-corrected chi connectivity index (χ4v) is 2.75. The minimum Gasteiger partial charge on any atom is -0.371 e. The molecule has 0 bridgehead atoms. The van der Waals surface area contributed by atoms with Crippen LogP contribution in [0.25, 0.3) is 0 Å². The van der Waals surface area contributed by atoms with Crippen molar-refractivity contribution < 1.29 is 4.74 Å². The molecule has 17 heavy (non-hydrogen) atoms. The Balaban J connectivity index is 1.89. The average Bonchev–Trinajstić information content (AvgIpc) is 3.14. The Bertz CT molecular complexity index is 229. The first kappa shape index (κ1) is 13.4. The van der Waals surface area contributed by atoms with E-state index < -0.39 is 0 Å². The van der Waals surface area contributed by atoms with Crippen LogP contribution in [-0.2, 0) is 4.74 Å². The van der Waals surface area contributed by atoms with Crippen molar-refractivity contribution in [2.75, 3.05) is 6.54 Å². The first-order valence-electron chi connectivity index (χ1n) is 7.55. The van der Waals surface area contributed by atoms with Crippen molar-refractivity contribution in [2.24, 2.45) is 5.92 Å². The summed E-state index contributed by atoms with van der Waals surface area (Å²) < 4.78 is 6.39. The Morgan fingerprint density at radius 2 is 1.88 bits per heavy atom. The SMILES string of the molecule is CCC(C)OC1(CNC2CC2)CCC(C)CC1. The third kappa shape index (κ3) is 3.96. The van der Waals surface area contributed by atoms with Crippen molar-refractivity contribution in [3.63, 3.8) is 0 Å². The number of rotatable bonds is 6. The van der Waals surface area contributed by atoms with Gasteiger partial charge in [0.25, 0.3) is 0 Å². The monoisotopic (exact) mass is 239 g/mol. The lowest BCUT2D eigenvalue weighted by atomic mass is 9.79. The highest BCUT2D eigenvalue weighted by Crippen LogP contribution is 2.36. The molecule has 2 nitrogen and oxygen atoms in total. The number of nitrogens with one attached hydrogen (secondary N) is 1. The third-order valence-electron chi connectivity index (χ3n) is 4.50. The molecule has 2 saturated carbocycles. The molecule has 1 unspecified atom stereocenters. The van der Waals surface area contributed by atoms with Crippen molar-refractivity contribution in [2.45, 2.75) is 83.5 Å². The van der Waals surface area contributed by atoms with Gasteiger partial charge < -0.3 is 10.1 Å². The van der Waals surface area contributed by atoms with Gasteiger partial charge in [-0.15, -0.1) is 0 Å². The van der Waals surface area contributed by atoms with Crippen LogP contribution in [0.2, 0.25) is 0 Å². The Labute approximate surface area is 107 Å². The van der Waals surface area contributed by atoms with E-state index in [-0.39, 0.29) is 5.60 Å². The molecule has 0 spiro atoms. The van der Waals surface area contributed by atoms with E-state index in [2.05, 4.69) is 26.1 Å². The Kier molecular flexibility index (Phi) is 4.48. The molecule has 1 N–H and O–H groups in total. The van der Waals surface area contributed by atoms with Gasteiger partial charge in [-0.3, -0.25) is 0 Å². The highest BCUT2D eigenvalue weighted by Gasteiger charge is 2.37. The molecule has 2 aliphatic carbocycles. The molecule has 0 aromatic heterocycles. The van der Waals surface area contributed by atoms with Gasteiger partial charge in [0, 0.05) is 12.6 Å². The van der Waals surface area contributed by atoms with Gasteiger partial charge in [-0.1, -0.05) is 13.8 Å². The molecule has 0 aromatic rings. The average molecular weight is 239 g/mol. The van der Waals surface area contributed by atoms with Gasteiger partial charge in [0.05, 0.1) is 11.7 Å². The molecule has 2 rings (SSSR count). The van der Waals surface area contributed by atoms with E-state index in [0.717, 1.165) is 24.9 Å². The van der Waals surface area contributed by atoms with Gasteiger partial charge in [-0.05, 0) is 57.8 Å². The van der Waals surface area contributed by atoms with Crippen LogP contribution in [0.1, 0.15) is 65.7 Å². The molecule has 1 atom stereocenters. The lowest BCUT2D eigenvalue weighted by molar-refractivity contribution is -0.112. The van der Waals surface area contributed by atoms with Crippen LogP contribution < -0.4 is 5.32 Å². The summed E-state index contributed by atoms with van der Waals surface area (Å²) in [5.74, 6) is 0.893. The van der Waals surface area contributed by atoms with Gasteiger partial charge in [0.1, 0.15) is 0 Å². The molecule has 0 radical (unpaired) electrons. The van der Waals surface area contributed by atoms with Crippen LogP contribution in [-0.4, -0.2) is 24.3 Å². The molecule has 0 amide bonds.